The Morgan fingerprint density at radius 1 is 1.23 bits per heavy atom. The molecule has 0 atom stereocenters. The van der Waals surface area contributed by atoms with Gasteiger partial charge >= 0.3 is 5.69 Å². The average Bonchev–Trinajstić information content (AvgIpc) is 2.99. The number of methoxy groups -OCH3 is 1. The molecule has 22 heavy (non-hydrogen) atoms. The molecule has 0 N–H and O–H groups in total. The Labute approximate surface area is 128 Å². The maximum Gasteiger partial charge on any atom is 0.305 e. The predicted molar refractivity (Wildman–Crippen MR) is 81.3 cm³/mol. The van der Waals surface area contributed by atoms with Crippen LogP contribution < -0.4 is 4.90 Å². The Balaban J connectivity index is 2.77. The van der Waals surface area contributed by atoms with Crippen molar-refractivity contribution < 1.29 is 14.6 Å². The highest BCUT2D eigenvalue weighted by molar-refractivity contribution is 5.79. The number of nitrogens with zero attached hydrogens (tertiary/aromatic N) is 3. The van der Waals surface area contributed by atoms with E-state index < -0.39 is 9.85 Å². The lowest BCUT2D eigenvalue weighted by molar-refractivity contribution is -0.393. The van der Waals surface area contributed by atoms with E-state index in [1.807, 2.05) is 6.92 Å². The lowest BCUT2D eigenvalue weighted by atomic mass is 10.00. The van der Waals surface area contributed by atoms with E-state index in [9.17, 15) is 20.2 Å². The minimum Gasteiger partial charge on any atom is -0.380 e. The quantitative estimate of drug-likeness (QED) is 0.592. The zero-order chi connectivity index (χ0) is 16.3. The van der Waals surface area contributed by atoms with E-state index in [0.29, 0.717) is 30.6 Å². The molecule has 0 unspecified atom stereocenters. The van der Waals surface area contributed by atoms with Crippen LogP contribution in [0.2, 0.25) is 0 Å². The molecular formula is C14H19N3O5. The first-order valence-corrected chi connectivity index (χ1v) is 7.22. The molecule has 1 saturated heterocycles. The third kappa shape index (κ3) is 2.87. The van der Waals surface area contributed by atoms with E-state index in [1.54, 1.807) is 4.90 Å². The third-order valence-electron chi connectivity index (χ3n) is 3.92. The van der Waals surface area contributed by atoms with Crippen molar-refractivity contribution >= 4 is 17.1 Å². The van der Waals surface area contributed by atoms with Gasteiger partial charge in [0, 0.05) is 26.3 Å². The molecule has 0 aromatic heterocycles. The number of hydrogen-bond acceptors (Lipinski definition) is 6. The van der Waals surface area contributed by atoms with Crippen LogP contribution in [0.1, 0.15) is 30.9 Å². The first-order chi connectivity index (χ1) is 10.5. The maximum atomic E-state index is 11.6. The fourth-order valence-electron chi connectivity index (χ4n) is 2.95. The highest BCUT2D eigenvalue weighted by Gasteiger charge is 2.35. The monoisotopic (exact) mass is 309 g/mol. The molecule has 8 heteroatoms. The second-order valence-electron chi connectivity index (χ2n) is 5.23. The number of rotatable bonds is 6. The van der Waals surface area contributed by atoms with Crippen LogP contribution in [0.3, 0.4) is 0 Å². The number of nitro benzene ring substituents is 2. The lowest BCUT2D eigenvalue weighted by Crippen LogP contribution is -2.21. The summed E-state index contributed by atoms with van der Waals surface area (Å²) in [4.78, 5) is 23.7. The van der Waals surface area contributed by atoms with E-state index >= 15 is 0 Å². The molecule has 2 rings (SSSR count). The third-order valence-corrected chi connectivity index (χ3v) is 3.92. The topological polar surface area (TPSA) is 98.8 Å². The summed E-state index contributed by atoms with van der Waals surface area (Å²) in [7, 11) is 1.46. The van der Waals surface area contributed by atoms with Gasteiger partial charge in [-0.1, -0.05) is 6.92 Å². The summed E-state index contributed by atoms with van der Waals surface area (Å²) in [6.07, 6.45) is 2.23. The van der Waals surface area contributed by atoms with E-state index in [2.05, 4.69) is 0 Å². The van der Waals surface area contributed by atoms with Crippen LogP contribution in [0.25, 0.3) is 0 Å². The number of aryl methyl sites for hydroxylation is 1. The molecule has 0 radical (unpaired) electrons. The van der Waals surface area contributed by atoms with Crippen molar-refractivity contribution in [2.75, 3.05) is 25.1 Å². The van der Waals surface area contributed by atoms with Crippen molar-refractivity contribution in [3.63, 3.8) is 0 Å². The SMILES string of the molecule is CCc1cc([N+](=O)[O-])c(N2CCCC2)c([N+](=O)[O-])c1COC. The number of nitro groups is 2. The van der Waals surface area contributed by atoms with Crippen molar-refractivity contribution in [3.05, 3.63) is 37.4 Å². The summed E-state index contributed by atoms with van der Waals surface area (Å²) >= 11 is 0. The summed E-state index contributed by atoms with van der Waals surface area (Å²) in [5.74, 6) is 0. The molecular weight excluding hydrogens is 290 g/mol. The number of hydrogen-bond donors (Lipinski definition) is 0. The van der Waals surface area contributed by atoms with Gasteiger partial charge in [0.15, 0.2) is 5.69 Å². The molecule has 0 amide bonds. The first kappa shape index (κ1) is 16.2. The Hall–Kier alpha value is -2.22. The van der Waals surface area contributed by atoms with Crippen LogP contribution in [0.5, 0.6) is 0 Å². The fraction of sp³-hybridized carbons (Fsp3) is 0.571. The summed E-state index contributed by atoms with van der Waals surface area (Å²) in [6.45, 7) is 3.08. The molecule has 0 spiro atoms. The van der Waals surface area contributed by atoms with Crippen molar-refractivity contribution in [2.45, 2.75) is 32.8 Å². The number of ether oxygens (including phenoxy) is 1. The van der Waals surface area contributed by atoms with Crippen molar-refractivity contribution in [1.29, 1.82) is 0 Å². The minimum absolute atomic E-state index is 0.0678. The van der Waals surface area contributed by atoms with Gasteiger partial charge in [0.1, 0.15) is 0 Å². The number of benzene rings is 1. The minimum atomic E-state index is -0.531. The molecule has 1 aromatic rings. The Bertz CT molecular complexity index is 597. The summed E-state index contributed by atoms with van der Waals surface area (Å²) in [5, 5.41) is 23.0. The number of anilines is 1. The molecule has 0 bridgehead atoms. The van der Waals surface area contributed by atoms with Gasteiger partial charge in [-0.05, 0) is 24.8 Å². The Morgan fingerprint density at radius 3 is 2.32 bits per heavy atom. The summed E-state index contributed by atoms with van der Waals surface area (Å²) < 4.78 is 5.09. The molecule has 1 aliphatic rings. The smallest absolute Gasteiger partial charge is 0.305 e. The van der Waals surface area contributed by atoms with Gasteiger partial charge in [0.25, 0.3) is 5.69 Å². The van der Waals surface area contributed by atoms with E-state index in [-0.39, 0.29) is 23.7 Å². The van der Waals surface area contributed by atoms with Crippen LogP contribution in [0.15, 0.2) is 6.07 Å². The van der Waals surface area contributed by atoms with Gasteiger partial charge in [0.05, 0.1) is 22.0 Å². The molecule has 120 valence electrons. The van der Waals surface area contributed by atoms with Gasteiger partial charge in [-0.2, -0.15) is 0 Å². The average molecular weight is 309 g/mol. The molecule has 0 saturated carbocycles. The van der Waals surface area contributed by atoms with Gasteiger partial charge in [-0.15, -0.1) is 0 Å². The van der Waals surface area contributed by atoms with Gasteiger partial charge in [0.2, 0.25) is 0 Å². The van der Waals surface area contributed by atoms with Crippen LogP contribution in [0, 0.1) is 20.2 Å². The molecule has 1 aliphatic heterocycles. The lowest BCUT2D eigenvalue weighted by Gasteiger charge is -2.20. The van der Waals surface area contributed by atoms with Crippen molar-refractivity contribution in [3.8, 4) is 0 Å². The van der Waals surface area contributed by atoms with E-state index in [4.69, 9.17) is 4.74 Å². The highest BCUT2D eigenvalue weighted by Crippen LogP contribution is 2.43. The Kier molecular flexibility index (Phi) is 4.92. The predicted octanol–water partition coefficient (Wildman–Crippen LogP) is 2.81. The molecule has 8 nitrogen and oxygen atoms in total. The zero-order valence-corrected chi connectivity index (χ0v) is 12.7. The van der Waals surface area contributed by atoms with E-state index in [0.717, 1.165) is 12.8 Å². The molecule has 1 heterocycles. The standard InChI is InChI=1S/C14H19N3O5/c1-3-10-8-12(16(18)19)14(15-6-4-5-7-15)13(17(20)21)11(10)9-22-2/h8H,3-7,9H2,1-2H3. The zero-order valence-electron chi connectivity index (χ0n) is 12.7. The van der Waals surface area contributed by atoms with Gasteiger partial charge in [-0.3, -0.25) is 20.2 Å². The second-order valence-corrected chi connectivity index (χ2v) is 5.23. The van der Waals surface area contributed by atoms with Gasteiger partial charge < -0.3 is 9.64 Å². The summed E-state index contributed by atoms with van der Waals surface area (Å²) in [6, 6.07) is 1.45. The van der Waals surface area contributed by atoms with E-state index in [1.165, 1.54) is 13.2 Å². The van der Waals surface area contributed by atoms with Crippen molar-refractivity contribution in [1.82, 2.24) is 0 Å². The molecule has 1 fully saturated rings. The van der Waals surface area contributed by atoms with Gasteiger partial charge in [-0.25, -0.2) is 0 Å². The summed E-state index contributed by atoms with van der Waals surface area (Å²) in [5.41, 5.74) is 0.766. The normalized spacial score (nSPS) is 14.4. The largest absolute Gasteiger partial charge is 0.380 e. The van der Waals surface area contributed by atoms with Crippen LogP contribution in [-0.4, -0.2) is 30.0 Å². The molecule has 0 aliphatic carbocycles. The second kappa shape index (κ2) is 6.69. The van der Waals surface area contributed by atoms with Crippen LogP contribution >= 0.6 is 0 Å². The Morgan fingerprint density at radius 2 is 1.86 bits per heavy atom. The van der Waals surface area contributed by atoms with Crippen molar-refractivity contribution in [2.24, 2.45) is 0 Å². The highest BCUT2D eigenvalue weighted by atomic mass is 16.6. The fourth-order valence-corrected chi connectivity index (χ4v) is 2.95. The van der Waals surface area contributed by atoms with Crippen LogP contribution in [0.4, 0.5) is 17.1 Å². The van der Waals surface area contributed by atoms with Crippen LogP contribution in [-0.2, 0) is 17.8 Å². The molecule has 1 aromatic carbocycles. The maximum absolute atomic E-state index is 11.6. The first-order valence-electron chi connectivity index (χ1n) is 7.22.